The second-order valence-corrected chi connectivity index (χ2v) is 5.97. The average Bonchev–Trinajstić information content (AvgIpc) is 2.86. The fraction of sp³-hybridized carbons (Fsp3) is 0.263. The Morgan fingerprint density at radius 2 is 1.96 bits per heavy atom. The normalized spacial score (nSPS) is 15.2. The van der Waals surface area contributed by atoms with Crippen molar-refractivity contribution in [3.8, 4) is 34.1 Å². The molecule has 0 saturated carbocycles. The molecule has 0 fully saturated rings. The molecule has 1 aliphatic carbocycles. The van der Waals surface area contributed by atoms with E-state index >= 15 is 0 Å². The number of methoxy groups -OCH3 is 2. The second-order valence-electron chi connectivity index (χ2n) is 5.97. The summed E-state index contributed by atoms with van der Waals surface area (Å²) in [6, 6.07) is 5.72. The monoisotopic (exact) mass is 357 g/mol. The molecule has 26 heavy (non-hydrogen) atoms. The molecule has 1 aliphatic rings. The molecule has 136 valence electrons. The molecule has 1 atom stereocenters. The van der Waals surface area contributed by atoms with Crippen LogP contribution in [0.1, 0.15) is 23.6 Å². The number of carbonyl (C=O) groups is 1. The second kappa shape index (κ2) is 6.95. The van der Waals surface area contributed by atoms with Gasteiger partial charge in [0.1, 0.15) is 0 Å². The Labute approximate surface area is 149 Å². The summed E-state index contributed by atoms with van der Waals surface area (Å²) in [7, 11) is 2.80. The van der Waals surface area contributed by atoms with Crippen LogP contribution in [0, 0.1) is 0 Å². The number of amides is 1. The maximum absolute atomic E-state index is 12.4. The molecule has 2 aromatic rings. The third kappa shape index (κ3) is 2.81. The number of ether oxygens (including phenoxy) is 2. The molecule has 0 bridgehead atoms. The van der Waals surface area contributed by atoms with Gasteiger partial charge in [-0.25, -0.2) is 0 Å². The highest BCUT2D eigenvalue weighted by Gasteiger charge is 2.28. The Kier molecular flexibility index (Phi) is 4.71. The number of hydrogen-bond donors (Lipinski definition) is 3. The molecule has 0 unspecified atom stereocenters. The number of phenols is 2. The van der Waals surface area contributed by atoms with Crippen LogP contribution in [0.2, 0.25) is 0 Å². The predicted octanol–water partition coefficient (Wildman–Crippen LogP) is 1.88. The molecule has 7 nitrogen and oxygen atoms in total. The van der Waals surface area contributed by atoms with Crippen molar-refractivity contribution in [2.45, 2.75) is 18.9 Å². The molecular formula is C19H19NO6. The topological polar surface area (TPSA) is 105 Å². The van der Waals surface area contributed by atoms with Crippen molar-refractivity contribution in [2.75, 3.05) is 14.2 Å². The van der Waals surface area contributed by atoms with Crippen LogP contribution in [0.4, 0.5) is 0 Å². The highest BCUT2D eigenvalue weighted by molar-refractivity contribution is 5.82. The minimum Gasteiger partial charge on any atom is -0.504 e. The van der Waals surface area contributed by atoms with Crippen LogP contribution in [0.15, 0.2) is 29.1 Å². The van der Waals surface area contributed by atoms with Gasteiger partial charge in [0.25, 0.3) is 0 Å². The van der Waals surface area contributed by atoms with E-state index in [4.69, 9.17) is 9.47 Å². The number of aromatic hydroxyl groups is 2. The number of carbonyl (C=O) groups excluding carboxylic acids is 1. The first-order valence-corrected chi connectivity index (χ1v) is 8.05. The van der Waals surface area contributed by atoms with Crippen molar-refractivity contribution in [1.29, 1.82) is 0 Å². The molecule has 3 rings (SSSR count). The Bertz CT molecular complexity index is 925. The van der Waals surface area contributed by atoms with Gasteiger partial charge >= 0.3 is 0 Å². The van der Waals surface area contributed by atoms with Crippen molar-refractivity contribution >= 4 is 6.41 Å². The van der Waals surface area contributed by atoms with Crippen molar-refractivity contribution in [1.82, 2.24) is 5.32 Å². The van der Waals surface area contributed by atoms with E-state index in [1.807, 2.05) is 0 Å². The van der Waals surface area contributed by atoms with Gasteiger partial charge in [0, 0.05) is 5.56 Å². The number of rotatable bonds is 4. The van der Waals surface area contributed by atoms with E-state index in [-0.39, 0.29) is 28.4 Å². The number of benzene rings is 1. The summed E-state index contributed by atoms with van der Waals surface area (Å²) in [5, 5.41) is 23.0. The minimum atomic E-state index is -0.409. The number of nitrogens with one attached hydrogen (secondary N) is 1. The summed E-state index contributed by atoms with van der Waals surface area (Å²) in [6.07, 6.45) is 1.61. The summed E-state index contributed by atoms with van der Waals surface area (Å²) in [4.78, 5) is 23.5. The minimum absolute atomic E-state index is 0.116. The number of hydrogen-bond acceptors (Lipinski definition) is 6. The average molecular weight is 357 g/mol. The van der Waals surface area contributed by atoms with Crippen molar-refractivity contribution in [2.24, 2.45) is 0 Å². The van der Waals surface area contributed by atoms with E-state index in [1.54, 1.807) is 6.07 Å². The predicted molar refractivity (Wildman–Crippen MR) is 94.8 cm³/mol. The molecule has 0 saturated heterocycles. The van der Waals surface area contributed by atoms with Crippen LogP contribution in [-0.2, 0) is 11.2 Å². The van der Waals surface area contributed by atoms with Crippen LogP contribution in [0.5, 0.6) is 23.0 Å². The lowest BCUT2D eigenvalue weighted by Crippen LogP contribution is -2.20. The van der Waals surface area contributed by atoms with Crippen molar-refractivity contribution < 1.29 is 24.5 Å². The fourth-order valence-electron chi connectivity index (χ4n) is 3.40. The SMILES string of the molecule is COc1c(O)c(O)cc2c1-c1ccc(OC)c(=O)cc1[C@@H](NC=O)CC2. The van der Waals surface area contributed by atoms with E-state index in [0.717, 1.165) is 5.56 Å². The summed E-state index contributed by atoms with van der Waals surface area (Å²) < 4.78 is 10.5. The highest BCUT2D eigenvalue weighted by atomic mass is 16.5. The summed E-state index contributed by atoms with van der Waals surface area (Å²) >= 11 is 0. The standard InChI is InChI=1S/C19H19NO6/c1-25-16-6-4-11-12(8-14(16)22)13(20-9-21)5-3-10-7-15(23)18(24)19(26-2)17(10)11/h4,6-9,13,23-24H,3,5H2,1-2H3,(H,20,21)/t13-/m0/s1. The van der Waals surface area contributed by atoms with Crippen LogP contribution in [-0.4, -0.2) is 30.8 Å². The van der Waals surface area contributed by atoms with E-state index in [0.29, 0.717) is 35.9 Å². The van der Waals surface area contributed by atoms with Gasteiger partial charge in [-0.15, -0.1) is 0 Å². The van der Waals surface area contributed by atoms with Gasteiger partial charge in [0.2, 0.25) is 17.6 Å². The lowest BCUT2D eigenvalue weighted by molar-refractivity contribution is -0.110. The van der Waals surface area contributed by atoms with Gasteiger partial charge in [-0.2, -0.15) is 0 Å². The molecule has 7 heteroatoms. The van der Waals surface area contributed by atoms with Gasteiger partial charge in [-0.1, -0.05) is 6.07 Å². The van der Waals surface area contributed by atoms with E-state index in [9.17, 15) is 19.8 Å². The lowest BCUT2D eigenvalue weighted by atomic mass is 9.95. The highest BCUT2D eigenvalue weighted by Crippen LogP contribution is 2.49. The fourth-order valence-corrected chi connectivity index (χ4v) is 3.40. The number of fused-ring (bicyclic) bond motifs is 3. The largest absolute Gasteiger partial charge is 0.504 e. The van der Waals surface area contributed by atoms with Gasteiger partial charge in [0.05, 0.1) is 20.3 Å². The zero-order valence-electron chi connectivity index (χ0n) is 14.4. The maximum atomic E-state index is 12.4. The molecule has 0 radical (unpaired) electrons. The molecule has 2 aromatic carbocycles. The maximum Gasteiger partial charge on any atom is 0.220 e. The summed E-state index contributed by atoms with van der Waals surface area (Å²) in [6.45, 7) is 0. The zero-order valence-corrected chi connectivity index (χ0v) is 14.4. The molecule has 3 N–H and O–H groups in total. The van der Waals surface area contributed by atoms with Crippen LogP contribution in [0.25, 0.3) is 11.1 Å². The third-order valence-corrected chi connectivity index (χ3v) is 4.60. The molecular weight excluding hydrogens is 338 g/mol. The quantitative estimate of drug-likeness (QED) is 0.570. The van der Waals surface area contributed by atoms with Gasteiger partial charge in [-0.05, 0) is 47.7 Å². The Hall–Kier alpha value is -3.22. The molecule has 0 heterocycles. The van der Waals surface area contributed by atoms with Crippen LogP contribution < -0.4 is 20.2 Å². The summed E-state index contributed by atoms with van der Waals surface area (Å²) in [5.41, 5.74) is 2.20. The molecule has 0 aliphatic heterocycles. The lowest BCUT2D eigenvalue weighted by Gasteiger charge is -2.16. The van der Waals surface area contributed by atoms with Crippen molar-refractivity contribution in [3.05, 3.63) is 45.6 Å². The Morgan fingerprint density at radius 3 is 2.62 bits per heavy atom. The van der Waals surface area contributed by atoms with Crippen LogP contribution >= 0.6 is 0 Å². The number of aryl methyl sites for hydroxylation is 1. The zero-order chi connectivity index (χ0) is 18.8. The van der Waals surface area contributed by atoms with E-state index in [2.05, 4.69) is 5.32 Å². The first-order chi connectivity index (χ1) is 12.5. The summed E-state index contributed by atoms with van der Waals surface area (Å²) in [5.74, 6) is -0.386. The van der Waals surface area contributed by atoms with Gasteiger partial charge < -0.3 is 25.0 Å². The third-order valence-electron chi connectivity index (χ3n) is 4.60. The van der Waals surface area contributed by atoms with Crippen LogP contribution in [0.3, 0.4) is 0 Å². The molecule has 0 aromatic heterocycles. The first kappa shape index (κ1) is 17.6. The number of phenolic OH excluding ortho intramolecular Hbond substituents is 2. The Morgan fingerprint density at radius 1 is 1.19 bits per heavy atom. The van der Waals surface area contributed by atoms with Gasteiger partial charge in [0.15, 0.2) is 17.2 Å². The van der Waals surface area contributed by atoms with Gasteiger partial charge in [-0.3, -0.25) is 9.59 Å². The molecule has 1 amide bonds. The van der Waals surface area contributed by atoms with E-state index in [1.165, 1.54) is 32.4 Å². The Balaban J connectivity index is 2.42. The molecule has 0 spiro atoms. The first-order valence-electron chi connectivity index (χ1n) is 8.05. The van der Waals surface area contributed by atoms with E-state index < -0.39 is 6.04 Å². The van der Waals surface area contributed by atoms with Crippen molar-refractivity contribution in [3.63, 3.8) is 0 Å². The smallest absolute Gasteiger partial charge is 0.220 e.